The second-order valence-electron chi connectivity index (χ2n) is 12.6. The van der Waals surface area contributed by atoms with Crippen molar-refractivity contribution in [3.05, 3.63) is 133 Å². The van der Waals surface area contributed by atoms with Gasteiger partial charge in [0.15, 0.2) is 0 Å². The Labute approximate surface area is 301 Å². The van der Waals surface area contributed by atoms with E-state index in [1.165, 1.54) is 0 Å². The second kappa shape index (κ2) is 12.4. The fraction of sp³-hybridized carbons (Fsp3) is 0.100. The lowest BCUT2D eigenvalue weighted by atomic mass is 10.2. The van der Waals surface area contributed by atoms with Crippen molar-refractivity contribution in [1.29, 1.82) is 0 Å². The van der Waals surface area contributed by atoms with Crippen LogP contribution in [0.3, 0.4) is 0 Å². The maximum atomic E-state index is 5.22. The van der Waals surface area contributed by atoms with Crippen LogP contribution in [0.4, 0.5) is 81.2 Å². The van der Waals surface area contributed by atoms with Gasteiger partial charge >= 0.3 is 0 Å². The maximum absolute atomic E-state index is 5.22. The van der Waals surface area contributed by atoms with E-state index >= 15 is 0 Å². The number of benzene rings is 1. The third-order valence-electron chi connectivity index (χ3n) is 9.33. The van der Waals surface area contributed by atoms with Crippen molar-refractivity contribution >= 4 is 81.2 Å². The van der Waals surface area contributed by atoms with Crippen LogP contribution in [0.25, 0.3) is 0 Å². The molecule has 2 aliphatic rings. The highest BCUT2D eigenvalue weighted by atomic mass is 15.3. The van der Waals surface area contributed by atoms with E-state index in [1.54, 1.807) is 0 Å². The minimum Gasteiger partial charge on any atom is -0.314 e. The molecule has 0 atom stereocenters. The molecule has 0 spiro atoms. The Kier molecular flexibility index (Phi) is 7.35. The zero-order valence-electron chi connectivity index (χ0n) is 29.1. The highest BCUT2D eigenvalue weighted by Gasteiger charge is 2.24. The summed E-state index contributed by atoms with van der Waals surface area (Å²) < 4.78 is 0. The summed E-state index contributed by atoms with van der Waals surface area (Å²) >= 11 is 0. The van der Waals surface area contributed by atoms with Gasteiger partial charge in [0.05, 0.1) is 11.4 Å². The molecule has 6 aromatic heterocycles. The lowest BCUT2D eigenvalue weighted by Crippen LogP contribution is -2.22. The summed E-state index contributed by atoms with van der Waals surface area (Å²) in [4.78, 5) is 43.0. The lowest BCUT2D eigenvalue weighted by molar-refractivity contribution is 1.01. The standard InChI is InChI=1S/C40H34N12/c1-47-29-14-6-15-30(41-29)48(2)34-19-9-24-39(44-34)52-28-13-5-12-27(26-28)51(37-22-8-18-33(47)43-37)38-23-10-20-35(45-38)49(3)31-16-7-17-32(42-31)50(4)36-21-11-25-40(52)46-36/h5-26H,1-4H3. The zero-order valence-corrected chi connectivity index (χ0v) is 29.1. The van der Waals surface area contributed by atoms with Crippen LogP contribution in [0, 0.1) is 0 Å². The van der Waals surface area contributed by atoms with Crippen molar-refractivity contribution in [3.8, 4) is 0 Å². The van der Waals surface area contributed by atoms with Crippen molar-refractivity contribution in [3.63, 3.8) is 0 Å². The molecule has 0 N–H and O–H groups in total. The molecule has 0 saturated carbocycles. The van der Waals surface area contributed by atoms with Crippen LogP contribution in [-0.4, -0.2) is 58.1 Å². The minimum absolute atomic E-state index is 0.684. The van der Waals surface area contributed by atoms with Gasteiger partial charge in [-0.1, -0.05) is 42.5 Å². The highest BCUT2D eigenvalue weighted by Crippen LogP contribution is 2.41. The van der Waals surface area contributed by atoms with Crippen LogP contribution in [-0.2, 0) is 0 Å². The molecule has 0 saturated heterocycles. The van der Waals surface area contributed by atoms with Crippen molar-refractivity contribution in [2.24, 2.45) is 0 Å². The van der Waals surface area contributed by atoms with Crippen LogP contribution >= 0.6 is 0 Å². The third kappa shape index (κ3) is 5.33. The molecule has 0 amide bonds. The van der Waals surface area contributed by atoms with E-state index in [4.69, 9.17) is 29.9 Å². The first-order valence-electron chi connectivity index (χ1n) is 16.9. The maximum Gasteiger partial charge on any atom is 0.141 e. The van der Waals surface area contributed by atoms with Gasteiger partial charge < -0.3 is 19.6 Å². The monoisotopic (exact) mass is 682 g/mol. The van der Waals surface area contributed by atoms with Crippen molar-refractivity contribution in [1.82, 2.24) is 29.9 Å². The quantitative estimate of drug-likeness (QED) is 0.153. The van der Waals surface area contributed by atoms with Gasteiger partial charge in [0.1, 0.15) is 69.8 Å². The molecule has 0 radical (unpaired) electrons. The van der Waals surface area contributed by atoms with Gasteiger partial charge in [0.25, 0.3) is 0 Å². The molecule has 12 nitrogen and oxygen atoms in total. The average Bonchev–Trinajstić information content (AvgIpc) is 3.20. The smallest absolute Gasteiger partial charge is 0.141 e. The molecule has 1 aromatic carbocycles. The average molecular weight is 683 g/mol. The Morgan fingerprint density at radius 3 is 0.712 bits per heavy atom. The molecule has 9 rings (SSSR count). The topological polar surface area (TPSA) is 96.8 Å². The number of pyridine rings is 6. The molecular formula is C40H34N12. The van der Waals surface area contributed by atoms with E-state index in [0.717, 1.165) is 57.9 Å². The SMILES string of the molecule is CN1c2cccc(n2)N(C)c2cccc(n2)N2c3cccc(c3)N(c3cccc1n3)c1cccc(n1)N(C)c1cccc(n1)N(C)c1cccc2n1. The molecule has 0 aliphatic carbocycles. The molecule has 16 bridgehead atoms. The normalized spacial score (nSPS) is 13.5. The van der Waals surface area contributed by atoms with Gasteiger partial charge in [-0.05, 0) is 91.0 Å². The number of aromatic nitrogens is 6. The highest BCUT2D eigenvalue weighted by molar-refractivity contribution is 5.82. The van der Waals surface area contributed by atoms with Crippen LogP contribution in [0.15, 0.2) is 133 Å². The Bertz CT molecular complexity index is 2150. The van der Waals surface area contributed by atoms with Crippen LogP contribution in [0.5, 0.6) is 0 Å². The lowest BCUT2D eigenvalue weighted by Gasteiger charge is -2.30. The van der Waals surface area contributed by atoms with E-state index in [2.05, 4.69) is 28.0 Å². The summed E-state index contributed by atoms with van der Waals surface area (Å²) in [6.07, 6.45) is 0. The van der Waals surface area contributed by atoms with Gasteiger partial charge in [0, 0.05) is 28.2 Å². The van der Waals surface area contributed by atoms with E-state index in [1.807, 2.05) is 163 Å². The van der Waals surface area contributed by atoms with Gasteiger partial charge in [-0.25, -0.2) is 29.9 Å². The Morgan fingerprint density at radius 1 is 0.269 bits per heavy atom. The second-order valence-corrected chi connectivity index (χ2v) is 12.6. The first-order valence-corrected chi connectivity index (χ1v) is 16.9. The Morgan fingerprint density at radius 2 is 0.462 bits per heavy atom. The summed E-state index contributed by atoms with van der Waals surface area (Å²) in [5, 5.41) is 0. The summed E-state index contributed by atoms with van der Waals surface area (Å²) in [5.74, 6) is 8.59. The Balaban J connectivity index is 1.37. The number of nitrogens with zero attached hydrogens (tertiary/aromatic N) is 12. The van der Waals surface area contributed by atoms with Crippen molar-refractivity contribution in [2.75, 3.05) is 57.6 Å². The number of hydrogen-bond acceptors (Lipinski definition) is 12. The predicted molar refractivity (Wildman–Crippen MR) is 208 cm³/mol. The molecular weight excluding hydrogens is 649 g/mol. The van der Waals surface area contributed by atoms with E-state index < -0.39 is 0 Å². The largest absolute Gasteiger partial charge is 0.314 e. The van der Waals surface area contributed by atoms with E-state index in [0.29, 0.717) is 23.3 Å². The van der Waals surface area contributed by atoms with Gasteiger partial charge in [0.2, 0.25) is 0 Å². The van der Waals surface area contributed by atoms with Crippen LogP contribution in [0.1, 0.15) is 0 Å². The first kappa shape index (κ1) is 30.9. The molecule has 0 unspecified atom stereocenters. The molecule has 8 heterocycles. The summed E-state index contributed by atoms with van der Waals surface area (Å²) in [6.45, 7) is 0. The first-order chi connectivity index (χ1) is 25.4. The number of hydrogen-bond donors (Lipinski definition) is 0. The fourth-order valence-electron chi connectivity index (χ4n) is 6.47. The third-order valence-corrected chi connectivity index (χ3v) is 9.33. The fourth-order valence-corrected chi connectivity index (χ4v) is 6.47. The summed E-state index contributed by atoms with van der Waals surface area (Å²) in [7, 11) is 7.89. The van der Waals surface area contributed by atoms with Crippen LogP contribution in [0.2, 0.25) is 0 Å². The van der Waals surface area contributed by atoms with Crippen molar-refractivity contribution < 1.29 is 0 Å². The molecule has 2 aliphatic heterocycles. The summed E-state index contributed by atoms with van der Waals surface area (Å²) in [6, 6.07) is 44.1. The van der Waals surface area contributed by atoms with Crippen LogP contribution < -0.4 is 29.4 Å². The Hall–Kier alpha value is -7.08. The molecule has 0 fully saturated rings. The zero-order chi connectivity index (χ0) is 35.3. The molecule has 12 heteroatoms. The van der Waals surface area contributed by atoms with Gasteiger partial charge in [-0.3, -0.25) is 9.80 Å². The number of fused-ring (bicyclic) bond motifs is 16. The molecule has 52 heavy (non-hydrogen) atoms. The van der Waals surface area contributed by atoms with Gasteiger partial charge in [-0.15, -0.1) is 0 Å². The summed E-state index contributed by atoms with van der Waals surface area (Å²) in [5.41, 5.74) is 1.70. The van der Waals surface area contributed by atoms with E-state index in [-0.39, 0.29) is 0 Å². The molecule has 7 aromatic rings. The predicted octanol–water partition coefficient (Wildman–Crippen LogP) is 8.69. The molecule has 254 valence electrons. The minimum atomic E-state index is 0.684. The number of anilines is 14. The van der Waals surface area contributed by atoms with Gasteiger partial charge in [-0.2, -0.15) is 0 Å². The number of rotatable bonds is 0. The van der Waals surface area contributed by atoms with Crippen molar-refractivity contribution in [2.45, 2.75) is 0 Å². The van der Waals surface area contributed by atoms with E-state index in [9.17, 15) is 0 Å².